The Labute approximate surface area is 235 Å². The zero-order valence-corrected chi connectivity index (χ0v) is 22.9. The number of nitrogens with zero attached hydrogens (tertiary/aromatic N) is 2. The molecule has 0 bridgehead atoms. The normalized spacial score (nSPS) is 16.3. The molecule has 0 saturated heterocycles. The molecule has 0 aromatic heterocycles. The van der Waals surface area contributed by atoms with Gasteiger partial charge in [0.15, 0.2) is 0 Å². The maximum absolute atomic E-state index is 13.9. The van der Waals surface area contributed by atoms with Crippen LogP contribution in [-0.4, -0.2) is 32.1 Å². The highest BCUT2D eigenvalue weighted by Crippen LogP contribution is 2.43. The standard InChI is InChI=1S/C34H32N2O4/c1-24-23-32(30-11-7-8-12-31(30)35(24)34(38)26-16-20-29(40-3)21-17-26)36(27-9-5-4-6-10-27)33(37)22-15-25-13-18-28(39-2)19-14-25/h4-22,24,32H,23H2,1-3H3/b22-15+/t24-,32+/m0/s1. The van der Waals surface area contributed by atoms with Crippen molar-refractivity contribution in [3.05, 3.63) is 126 Å². The number of methoxy groups -OCH3 is 2. The minimum Gasteiger partial charge on any atom is -0.497 e. The second-order valence-electron chi connectivity index (χ2n) is 9.71. The third-order valence-electron chi connectivity index (χ3n) is 7.23. The number of hydrogen-bond donors (Lipinski definition) is 0. The second kappa shape index (κ2) is 11.9. The molecule has 40 heavy (non-hydrogen) atoms. The highest BCUT2D eigenvalue weighted by Gasteiger charge is 2.38. The molecule has 6 heteroatoms. The Morgan fingerprint density at radius 3 is 2.05 bits per heavy atom. The number of hydrogen-bond acceptors (Lipinski definition) is 4. The molecule has 4 aromatic carbocycles. The minimum absolute atomic E-state index is 0.0851. The Morgan fingerprint density at radius 2 is 1.40 bits per heavy atom. The van der Waals surface area contributed by atoms with E-state index < -0.39 is 0 Å². The SMILES string of the molecule is COc1ccc(/C=C/C(=O)N(c2ccccc2)[C@@H]2C[C@H](C)N(C(=O)c3ccc(OC)cc3)c3ccccc32)cc1. The first-order valence-corrected chi connectivity index (χ1v) is 13.3. The van der Waals surface area contributed by atoms with Crippen molar-refractivity contribution >= 4 is 29.3 Å². The molecule has 0 fully saturated rings. The van der Waals surface area contributed by atoms with Crippen LogP contribution in [0.2, 0.25) is 0 Å². The van der Waals surface area contributed by atoms with Gasteiger partial charge in [-0.05, 0) is 85.1 Å². The summed E-state index contributed by atoms with van der Waals surface area (Å²) < 4.78 is 10.5. The topological polar surface area (TPSA) is 59.1 Å². The predicted octanol–water partition coefficient (Wildman–Crippen LogP) is 6.93. The first-order chi connectivity index (χ1) is 19.5. The molecule has 0 radical (unpaired) electrons. The Bertz CT molecular complexity index is 1500. The van der Waals surface area contributed by atoms with Crippen molar-refractivity contribution in [2.24, 2.45) is 0 Å². The Hall–Kier alpha value is -4.84. The summed E-state index contributed by atoms with van der Waals surface area (Å²) in [6, 6.07) is 31.8. The van der Waals surface area contributed by atoms with E-state index in [0.29, 0.717) is 17.7 Å². The summed E-state index contributed by atoms with van der Waals surface area (Å²) in [5.41, 5.74) is 4.02. The first kappa shape index (κ1) is 26.8. The summed E-state index contributed by atoms with van der Waals surface area (Å²) >= 11 is 0. The van der Waals surface area contributed by atoms with Crippen LogP contribution in [0.3, 0.4) is 0 Å². The van der Waals surface area contributed by atoms with Crippen molar-refractivity contribution in [2.45, 2.75) is 25.4 Å². The summed E-state index contributed by atoms with van der Waals surface area (Å²) in [6.45, 7) is 2.03. The molecule has 0 aliphatic carbocycles. The van der Waals surface area contributed by atoms with Crippen LogP contribution in [0.4, 0.5) is 11.4 Å². The minimum atomic E-state index is -0.262. The van der Waals surface area contributed by atoms with Crippen molar-refractivity contribution in [1.29, 1.82) is 0 Å². The number of amides is 2. The fourth-order valence-corrected chi connectivity index (χ4v) is 5.22. The summed E-state index contributed by atoms with van der Waals surface area (Å²) in [6.07, 6.45) is 4.00. The lowest BCUT2D eigenvalue weighted by atomic mass is 9.89. The molecule has 1 aliphatic rings. The van der Waals surface area contributed by atoms with Gasteiger partial charge in [-0.15, -0.1) is 0 Å². The third-order valence-corrected chi connectivity index (χ3v) is 7.23. The van der Waals surface area contributed by atoms with Gasteiger partial charge in [0.1, 0.15) is 11.5 Å². The van der Waals surface area contributed by atoms with Crippen LogP contribution in [0, 0.1) is 0 Å². The molecule has 2 atom stereocenters. The molecule has 0 N–H and O–H groups in total. The van der Waals surface area contributed by atoms with Crippen molar-refractivity contribution in [1.82, 2.24) is 0 Å². The van der Waals surface area contributed by atoms with E-state index in [1.165, 1.54) is 0 Å². The van der Waals surface area contributed by atoms with Gasteiger partial charge in [0.05, 0.1) is 20.3 Å². The van der Waals surface area contributed by atoms with Crippen LogP contribution in [0.15, 0.2) is 109 Å². The highest BCUT2D eigenvalue weighted by atomic mass is 16.5. The number of rotatable bonds is 7. The Balaban J connectivity index is 1.51. The van der Waals surface area contributed by atoms with E-state index in [0.717, 1.165) is 28.3 Å². The molecule has 0 unspecified atom stereocenters. The van der Waals surface area contributed by atoms with Crippen molar-refractivity contribution in [2.75, 3.05) is 24.0 Å². The predicted molar refractivity (Wildman–Crippen MR) is 159 cm³/mol. The summed E-state index contributed by atoms with van der Waals surface area (Å²) in [4.78, 5) is 31.3. The average molecular weight is 533 g/mol. The summed E-state index contributed by atoms with van der Waals surface area (Å²) in [5.74, 6) is 1.24. The number of carbonyl (C=O) groups is 2. The van der Waals surface area contributed by atoms with E-state index >= 15 is 0 Å². The third kappa shape index (κ3) is 5.47. The molecule has 0 spiro atoms. The molecule has 0 saturated carbocycles. The molecular weight excluding hydrogens is 500 g/mol. The molecule has 2 amide bonds. The van der Waals surface area contributed by atoms with Gasteiger partial charge in [-0.25, -0.2) is 0 Å². The molecule has 4 aromatic rings. The Morgan fingerprint density at radius 1 is 0.800 bits per heavy atom. The van der Waals surface area contributed by atoms with Gasteiger partial charge in [0.25, 0.3) is 11.8 Å². The van der Waals surface area contributed by atoms with E-state index in [2.05, 4.69) is 0 Å². The molecular formula is C34H32N2O4. The highest BCUT2D eigenvalue weighted by molar-refractivity contribution is 6.08. The van der Waals surface area contributed by atoms with Gasteiger partial charge in [-0.2, -0.15) is 0 Å². The summed E-state index contributed by atoms with van der Waals surface area (Å²) in [5, 5.41) is 0. The second-order valence-corrected chi connectivity index (χ2v) is 9.71. The maximum Gasteiger partial charge on any atom is 0.258 e. The van der Waals surface area contributed by atoms with Crippen molar-refractivity contribution in [3.63, 3.8) is 0 Å². The molecule has 6 nitrogen and oxygen atoms in total. The maximum atomic E-state index is 13.9. The van der Waals surface area contributed by atoms with E-state index in [9.17, 15) is 9.59 Å². The molecule has 5 rings (SSSR count). The zero-order valence-electron chi connectivity index (χ0n) is 22.9. The number of para-hydroxylation sites is 2. The van der Waals surface area contributed by atoms with Crippen molar-refractivity contribution in [3.8, 4) is 11.5 Å². The molecule has 1 aliphatic heterocycles. The number of anilines is 2. The van der Waals surface area contributed by atoms with Crippen LogP contribution in [0.25, 0.3) is 6.08 Å². The van der Waals surface area contributed by atoms with Gasteiger partial charge in [-0.3, -0.25) is 9.59 Å². The van der Waals surface area contributed by atoms with Gasteiger partial charge in [0.2, 0.25) is 0 Å². The monoisotopic (exact) mass is 532 g/mol. The van der Waals surface area contributed by atoms with Crippen LogP contribution in [-0.2, 0) is 4.79 Å². The van der Waals surface area contributed by atoms with Gasteiger partial charge in [-0.1, -0.05) is 48.5 Å². The van der Waals surface area contributed by atoms with Crippen LogP contribution in [0.5, 0.6) is 11.5 Å². The van der Waals surface area contributed by atoms with E-state index in [4.69, 9.17) is 9.47 Å². The zero-order chi connectivity index (χ0) is 28.1. The largest absolute Gasteiger partial charge is 0.497 e. The van der Waals surface area contributed by atoms with Crippen LogP contribution in [0.1, 0.15) is 40.9 Å². The fraction of sp³-hybridized carbons (Fsp3) is 0.176. The Kier molecular flexibility index (Phi) is 7.97. The van der Waals surface area contributed by atoms with Gasteiger partial charge < -0.3 is 19.3 Å². The number of fused-ring (bicyclic) bond motifs is 1. The number of benzene rings is 4. The number of ether oxygens (including phenoxy) is 2. The molecule has 1 heterocycles. The van der Waals surface area contributed by atoms with E-state index in [1.807, 2.05) is 102 Å². The van der Waals surface area contributed by atoms with Crippen LogP contribution < -0.4 is 19.3 Å². The average Bonchev–Trinajstić information content (AvgIpc) is 3.00. The first-order valence-electron chi connectivity index (χ1n) is 13.3. The quantitative estimate of drug-likeness (QED) is 0.242. The lowest BCUT2D eigenvalue weighted by Gasteiger charge is -2.43. The number of carbonyl (C=O) groups excluding carboxylic acids is 2. The molecule has 202 valence electrons. The summed E-state index contributed by atoms with van der Waals surface area (Å²) in [7, 11) is 3.23. The van der Waals surface area contributed by atoms with Gasteiger partial charge in [0, 0.05) is 29.1 Å². The van der Waals surface area contributed by atoms with E-state index in [1.54, 1.807) is 44.6 Å². The van der Waals surface area contributed by atoms with Crippen LogP contribution >= 0.6 is 0 Å². The lowest BCUT2D eigenvalue weighted by molar-refractivity contribution is -0.114. The lowest BCUT2D eigenvalue weighted by Crippen LogP contribution is -2.47. The van der Waals surface area contributed by atoms with Crippen molar-refractivity contribution < 1.29 is 19.1 Å². The fourth-order valence-electron chi connectivity index (χ4n) is 5.22. The smallest absolute Gasteiger partial charge is 0.258 e. The van der Waals surface area contributed by atoms with E-state index in [-0.39, 0.29) is 23.9 Å². The van der Waals surface area contributed by atoms with Gasteiger partial charge >= 0.3 is 0 Å².